The summed E-state index contributed by atoms with van der Waals surface area (Å²) in [7, 11) is 0. The second kappa shape index (κ2) is 11.0. The van der Waals surface area contributed by atoms with Gasteiger partial charge < -0.3 is 4.74 Å². The second-order valence-electron chi connectivity index (χ2n) is 8.03. The standard InChI is InChI=1S/C28H17Cl4N3O2/c29-21-11-10-17(12-22(21)30)16-37-26-23(31)13-18(14-24(26)32)15-33-35-27(19-6-2-1-3-7-19)34-25-9-5-4-8-20(25)28(35)36/h1-15H,16H2. The van der Waals surface area contributed by atoms with Crippen molar-refractivity contribution >= 4 is 63.5 Å². The lowest BCUT2D eigenvalue weighted by molar-refractivity contribution is 0.306. The van der Waals surface area contributed by atoms with Gasteiger partial charge in [-0.3, -0.25) is 4.79 Å². The van der Waals surface area contributed by atoms with Crippen molar-refractivity contribution in [2.45, 2.75) is 6.61 Å². The van der Waals surface area contributed by atoms with Gasteiger partial charge in [-0.15, -0.1) is 0 Å². The zero-order valence-corrected chi connectivity index (χ0v) is 22.1. The molecular formula is C28H17Cl4N3O2. The van der Waals surface area contributed by atoms with E-state index in [4.69, 9.17) is 56.1 Å². The lowest BCUT2D eigenvalue weighted by Gasteiger charge is -2.12. The molecule has 0 aliphatic carbocycles. The van der Waals surface area contributed by atoms with Crippen LogP contribution in [0.15, 0.2) is 94.8 Å². The predicted octanol–water partition coefficient (Wildman–Crippen LogP) is 8.14. The molecule has 0 spiro atoms. The molecule has 9 heteroatoms. The van der Waals surface area contributed by atoms with E-state index < -0.39 is 0 Å². The molecule has 0 aliphatic rings. The fourth-order valence-electron chi connectivity index (χ4n) is 3.71. The van der Waals surface area contributed by atoms with E-state index in [9.17, 15) is 4.79 Å². The highest BCUT2D eigenvalue weighted by atomic mass is 35.5. The Morgan fingerprint density at radius 1 is 0.811 bits per heavy atom. The molecule has 0 amide bonds. The van der Waals surface area contributed by atoms with Crippen molar-refractivity contribution in [2.75, 3.05) is 0 Å². The summed E-state index contributed by atoms with van der Waals surface area (Å²) in [6, 6.07) is 25.1. The van der Waals surface area contributed by atoms with Crippen molar-refractivity contribution in [2.24, 2.45) is 5.10 Å². The van der Waals surface area contributed by atoms with E-state index in [1.165, 1.54) is 10.9 Å². The van der Waals surface area contributed by atoms with Crippen LogP contribution in [-0.4, -0.2) is 15.9 Å². The molecule has 5 aromatic rings. The zero-order chi connectivity index (χ0) is 25.9. The van der Waals surface area contributed by atoms with Gasteiger partial charge in [0.25, 0.3) is 5.56 Å². The van der Waals surface area contributed by atoms with Gasteiger partial charge in [-0.25, -0.2) is 4.98 Å². The number of para-hydroxylation sites is 1. The molecule has 0 unspecified atom stereocenters. The molecule has 4 aromatic carbocycles. The summed E-state index contributed by atoms with van der Waals surface area (Å²) in [5.74, 6) is 0.736. The van der Waals surface area contributed by atoms with Gasteiger partial charge in [0.2, 0.25) is 0 Å². The number of ether oxygens (including phenoxy) is 1. The quantitative estimate of drug-likeness (QED) is 0.194. The molecule has 0 radical (unpaired) electrons. The summed E-state index contributed by atoms with van der Waals surface area (Å²) in [4.78, 5) is 18.0. The second-order valence-corrected chi connectivity index (χ2v) is 9.66. The van der Waals surface area contributed by atoms with Crippen LogP contribution >= 0.6 is 46.4 Å². The van der Waals surface area contributed by atoms with E-state index >= 15 is 0 Å². The molecule has 0 aliphatic heterocycles. The monoisotopic (exact) mass is 567 g/mol. The first-order valence-electron chi connectivity index (χ1n) is 11.1. The van der Waals surface area contributed by atoms with Crippen molar-refractivity contribution in [3.8, 4) is 17.1 Å². The van der Waals surface area contributed by atoms with Crippen LogP contribution in [0.1, 0.15) is 11.1 Å². The first-order chi connectivity index (χ1) is 17.9. The summed E-state index contributed by atoms with van der Waals surface area (Å²) >= 11 is 25.0. The van der Waals surface area contributed by atoms with Gasteiger partial charge in [0.1, 0.15) is 6.61 Å². The number of halogens is 4. The maximum atomic E-state index is 13.3. The number of rotatable bonds is 6. The number of hydrogen-bond donors (Lipinski definition) is 0. The molecule has 184 valence electrons. The smallest absolute Gasteiger partial charge is 0.282 e. The topological polar surface area (TPSA) is 56.5 Å². The summed E-state index contributed by atoms with van der Waals surface area (Å²) in [6.07, 6.45) is 1.50. The highest BCUT2D eigenvalue weighted by Gasteiger charge is 2.13. The molecular weight excluding hydrogens is 552 g/mol. The van der Waals surface area contributed by atoms with Crippen molar-refractivity contribution < 1.29 is 4.74 Å². The molecule has 0 N–H and O–H groups in total. The van der Waals surface area contributed by atoms with Crippen LogP contribution in [0.25, 0.3) is 22.3 Å². The molecule has 1 aromatic heterocycles. The molecule has 0 bridgehead atoms. The van der Waals surface area contributed by atoms with E-state index in [1.807, 2.05) is 36.4 Å². The lowest BCUT2D eigenvalue weighted by Crippen LogP contribution is -2.20. The van der Waals surface area contributed by atoms with Gasteiger partial charge in [0.05, 0.1) is 37.2 Å². The number of aromatic nitrogens is 2. The Balaban J connectivity index is 1.48. The fraction of sp³-hybridized carbons (Fsp3) is 0.0357. The normalized spacial score (nSPS) is 11.4. The number of benzene rings is 4. The minimum Gasteiger partial charge on any atom is -0.486 e. The van der Waals surface area contributed by atoms with Crippen LogP contribution in [0, 0.1) is 0 Å². The fourth-order valence-corrected chi connectivity index (χ4v) is 4.64. The largest absolute Gasteiger partial charge is 0.486 e. The first-order valence-corrected chi connectivity index (χ1v) is 12.6. The zero-order valence-electron chi connectivity index (χ0n) is 19.0. The van der Waals surface area contributed by atoms with E-state index in [-0.39, 0.29) is 12.2 Å². The van der Waals surface area contributed by atoms with Crippen LogP contribution in [0.5, 0.6) is 5.75 Å². The van der Waals surface area contributed by atoms with Crippen LogP contribution in [-0.2, 0) is 6.61 Å². The van der Waals surface area contributed by atoms with E-state index in [2.05, 4.69) is 5.10 Å². The van der Waals surface area contributed by atoms with Crippen LogP contribution in [0.2, 0.25) is 20.1 Å². The highest BCUT2D eigenvalue weighted by Crippen LogP contribution is 2.35. The summed E-state index contributed by atoms with van der Waals surface area (Å²) in [5, 5.41) is 6.39. The van der Waals surface area contributed by atoms with Gasteiger partial charge in [-0.05, 0) is 47.5 Å². The average Bonchev–Trinajstić information content (AvgIpc) is 2.90. The Morgan fingerprint density at radius 2 is 1.51 bits per heavy atom. The van der Waals surface area contributed by atoms with E-state index in [0.29, 0.717) is 48.1 Å². The van der Waals surface area contributed by atoms with E-state index in [0.717, 1.165) is 11.1 Å². The molecule has 5 nitrogen and oxygen atoms in total. The lowest BCUT2D eigenvalue weighted by atomic mass is 10.2. The third-order valence-corrected chi connectivity index (χ3v) is 6.80. The SMILES string of the molecule is O=c1c2ccccc2nc(-c2ccccc2)n1N=Cc1cc(Cl)c(OCc2ccc(Cl)c(Cl)c2)c(Cl)c1. The van der Waals surface area contributed by atoms with Crippen molar-refractivity contribution in [3.05, 3.63) is 127 Å². The summed E-state index contributed by atoms with van der Waals surface area (Å²) < 4.78 is 7.11. The molecule has 5 rings (SSSR count). The van der Waals surface area contributed by atoms with Crippen molar-refractivity contribution in [3.63, 3.8) is 0 Å². The first kappa shape index (κ1) is 25.3. The molecule has 0 fully saturated rings. The van der Waals surface area contributed by atoms with Crippen molar-refractivity contribution in [1.29, 1.82) is 0 Å². The van der Waals surface area contributed by atoms with Gasteiger partial charge >= 0.3 is 0 Å². The third-order valence-electron chi connectivity index (χ3n) is 5.50. The Morgan fingerprint density at radius 3 is 2.24 bits per heavy atom. The average molecular weight is 569 g/mol. The Labute approximate surface area is 232 Å². The summed E-state index contributed by atoms with van der Waals surface area (Å²) in [6.45, 7) is 0.197. The van der Waals surface area contributed by atoms with Crippen molar-refractivity contribution in [1.82, 2.24) is 9.66 Å². The Hall–Kier alpha value is -3.35. The highest BCUT2D eigenvalue weighted by molar-refractivity contribution is 6.42. The van der Waals surface area contributed by atoms with Gasteiger partial charge in [0, 0.05) is 5.56 Å². The molecule has 0 atom stereocenters. The van der Waals surface area contributed by atoms with Gasteiger partial charge in [-0.1, -0.05) is 94.9 Å². The number of nitrogens with zero attached hydrogens (tertiary/aromatic N) is 3. The minimum absolute atomic E-state index is 0.197. The number of fused-ring (bicyclic) bond motifs is 1. The summed E-state index contributed by atoms with van der Waals surface area (Å²) in [5.41, 5.74) is 2.44. The number of hydrogen-bond acceptors (Lipinski definition) is 4. The van der Waals surface area contributed by atoms with Crippen LogP contribution in [0.4, 0.5) is 0 Å². The maximum Gasteiger partial charge on any atom is 0.282 e. The molecule has 0 saturated carbocycles. The van der Waals surface area contributed by atoms with Gasteiger partial charge in [-0.2, -0.15) is 9.78 Å². The Kier molecular flexibility index (Phi) is 7.49. The van der Waals surface area contributed by atoms with Crippen LogP contribution in [0.3, 0.4) is 0 Å². The predicted molar refractivity (Wildman–Crippen MR) is 152 cm³/mol. The van der Waals surface area contributed by atoms with Crippen LogP contribution < -0.4 is 10.3 Å². The molecule has 37 heavy (non-hydrogen) atoms. The minimum atomic E-state index is -0.292. The third kappa shape index (κ3) is 5.50. The molecule has 0 saturated heterocycles. The molecule has 1 heterocycles. The Bertz CT molecular complexity index is 1680. The maximum absolute atomic E-state index is 13.3. The van der Waals surface area contributed by atoms with Gasteiger partial charge in [0.15, 0.2) is 11.6 Å². The van der Waals surface area contributed by atoms with E-state index in [1.54, 1.807) is 48.5 Å².